The van der Waals surface area contributed by atoms with E-state index in [1.54, 1.807) is 6.07 Å². The van der Waals surface area contributed by atoms with Gasteiger partial charge in [0.05, 0.1) is 16.3 Å². The third-order valence-electron chi connectivity index (χ3n) is 3.91. The van der Waals surface area contributed by atoms with Crippen LogP contribution in [0.25, 0.3) is 0 Å². The first-order valence-electron chi connectivity index (χ1n) is 7.14. The monoisotopic (exact) mass is 296 g/mol. The van der Waals surface area contributed by atoms with Crippen LogP contribution in [-0.4, -0.2) is 17.6 Å². The Morgan fingerprint density at radius 3 is 2.75 bits per heavy atom. The summed E-state index contributed by atoms with van der Waals surface area (Å²) < 4.78 is 0. The Kier molecular flexibility index (Phi) is 5.12. The quantitative estimate of drug-likeness (QED) is 0.548. The van der Waals surface area contributed by atoms with Gasteiger partial charge in [-0.25, -0.2) is 4.79 Å². The minimum atomic E-state index is -1.02. The van der Waals surface area contributed by atoms with Gasteiger partial charge in [0.25, 0.3) is 0 Å². The van der Waals surface area contributed by atoms with Crippen molar-refractivity contribution in [1.29, 1.82) is 0 Å². The Morgan fingerprint density at radius 2 is 2.10 bits per heavy atom. The lowest BCUT2D eigenvalue weighted by molar-refractivity contribution is 0.0698. The summed E-state index contributed by atoms with van der Waals surface area (Å²) in [4.78, 5) is 11.2. The third kappa shape index (κ3) is 3.79. The molecule has 0 aromatic heterocycles. The fourth-order valence-electron chi connectivity index (χ4n) is 2.88. The molecule has 0 unspecified atom stereocenters. The Morgan fingerprint density at radius 1 is 1.40 bits per heavy atom. The highest BCUT2D eigenvalue weighted by molar-refractivity contribution is 6.34. The Labute approximate surface area is 124 Å². The highest BCUT2D eigenvalue weighted by atomic mass is 35.5. The average Bonchev–Trinajstić information content (AvgIpc) is 2.88. The van der Waals surface area contributed by atoms with Crippen molar-refractivity contribution in [1.82, 2.24) is 0 Å². The van der Waals surface area contributed by atoms with Crippen LogP contribution in [0, 0.1) is 5.92 Å². The van der Waals surface area contributed by atoms with Crippen LogP contribution in [0.4, 0.5) is 11.4 Å². The fourth-order valence-corrected chi connectivity index (χ4v) is 3.17. The summed E-state index contributed by atoms with van der Waals surface area (Å²) in [7, 11) is 0. The van der Waals surface area contributed by atoms with Crippen LogP contribution >= 0.6 is 11.6 Å². The number of nitrogens with two attached hydrogens (primary N) is 1. The van der Waals surface area contributed by atoms with Crippen LogP contribution in [0.1, 0.15) is 48.9 Å². The maximum atomic E-state index is 11.2. The lowest BCUT2D eigenvalue weighted by atomic mass is 10.0. The summed E-state index contributed by atoms with van der Waals surface area (Å²) in [6.45, 7) is 0.737. The predicted octanol–water partition coefficient (Wildman–Crippen LogP) is 4.00. The van der Waals surface area contributed by atoms with Crippen LogP contribution in [0.5, 0.6) is 0 Å². The van der Waals surface area contributed by atoms with Crippen LogP contribution in [0.3, 0.4) is 0 Å². The predicted molar refractivity (Wildman–Crippen MR) is 82.5 cm³/mol. The van der Waals surface area contributed by atoms with E-state index in [2.05, 4.69) is 5.32 Å². The van der Waals surface area contributed by atoms with Gasteiger partial charge in [0.15, 0.2) is 0 Å². The number of nitrogens with one attached hydrogen (secondary N) is 1. The average molecular weight is 297 g/mol. The molecule has 0 amide bonds. The Hall–Kier alpha value is -1.42. The Bertz CT molecular complexity index is 485. The van der Waals surface area contributed by atoms with Crippen LogP contribution in [-0.2, 0) is 0 Å². The number of anilines is 2. The Balaban J connectivity index is 1.92. The molecule has 0 spiro atoms. The molecule has 110 valence electrons. The normalized spacial score (nSPS) is 15.4. The van der Waals surface area contributed by atoms with E-state index >= 15 is 0 Å². The standard InChI is InChI=1S/C15H21ClN2O2/c16-13-9-11(17)8-12(15(19)20)14(13)18-7-3-6-10-4-1-2-5-10/h8-10,18H,1-7,17H2,(H,19,20). The van der Waals surface area contributed by atoms with Gasteiger partial charge in [-0.2, -0.15) is 0 Å². The van der Waals surface area contributed by atoms with Crippen LogP contribution in [0.2, 0.25) is 5.02 Å². The van der Waals surface area contributed by atoms with Crippen molar-refractivity contribution >= 4 is 28.9 Å². The van der Waals surface area contributed by atoms with Gasteiger partial charge in [-0.3, -0.25) is 0 Å². The number of rotatable bonds is 6. The van der Waals surface area contributed by atoms with E-state index in [1.165, 1.54) is 38.2 Å². The first-order valence-corrected chi connectivity index (χ1v) is 7.52. The molecule has 4 N–H and O–H groups in total. The minimum Gasteiger partial charge on any atom is -0.478 e. The van der Waals surface area contributed by atoms with Crippen molar-refractivity contribution in [2.45, 2.75) is 38.5 Å². The molecule has 1 saturated carbocycles. The molecule has 1 aromatic rings. The van der Waals surface area contributed by atoms with E-state index in [-0.39, 0.29) is 5.56 Å². The molecule has 1 fully saturated rings. The summed E-state index contributed by atoms with van der Waals surface area (Å²) in [5.74, 6) is -0.171. The lowest BCUT2D eigenvalue weighted by Gasteiger charge is -2.14. The zero-order chi connectivity index (χ0) is 14.5. The molecule has 2 rings (SSSR count). The van der Waals surface area contributed by atoms with E-state index in [0.29, 0.717) is 16.4 Å². The van der Waals surface area contributed by atoms with Gasteiger partial charge in [-0.15, -0.1) is 0 Å². The number of hydrogen-bond acceptors (Lipinski definition) is 3. The lowest BCUT2D eigenvalue weighted by Crippen LogP contribution is -2.10. The van der Waals surface area contributed by atoms with Crippen molar-refractivity contribution in [3.63, 3.8) is 0 Å². The van der Waals surface area contributed by atoms with E-state index < -0.39 is 5.97 Å². The third-order valence-corrected chi connectivity index (χ3v) is 4.21. The number of aromatic carboxylic acids is 1. The number of carboxylic acids is 1. The van der Waals surface area contributed by atoms with Crippen LogP contribution < -0.4 is 11.1 Å². The van der Waals surface area contributed by atoms with Gasteiger partial charge in [-0.05, 0) is 30.9 Å². The van der Waals surface area contributed by atoms with Crippen molar-refractivity contribution < 1.29 is 9.90 Å². The molecule has 0 heterocycles. The second kappa shape index (κ2) is 6.84. The van der Waals surface area contributed by atoms with E-state index in [4.69, 9.17) is 17.3 Å². The van der Waals surface area contributed by atoms with Crippen molar-refractivity contribution in [2.24, 2.45) is 5.92 Å². The minimum absolute atomic E-state index is 0.135. The first-order chi connectivity index (χ1) is 9.58. The SMILES string of the molecule is Nc1cc(Cl)c(NCCCC2CCCC2)c(C(=O)O)c1. The molecule has 0 bridgehead atoms. The molecule has 20 heavy (non-hydrogen) atoms. The zero-order valence-electron chi connectivity index (χ0n) is 11.5. The number of benzene rings is 1. The number of halogens is 1. The van der Waals surface area contributed by atoms with E-state index in [1.807, 2.05) is 0 Å². The second-order valence-electron chi connectivity index (χ2n) is 5.45. The summed E-state index contributed by atoms with van der Waals surface area (Å²) in [5, 5.41) is 12.7. The zero-order valence-corrected chi connectivity index (χ0v) is 12.2. The van der Waals surface area contributed by atoms with Crippen molar-refractivity contribution in [2.75, 3.05) is 17.6 Å². The van der Waals surface area contributed by atoms with Crippen LogP contribution in [0.15, 0.2) is 12.1 Å². The van der Waals surface area contributed by atoms with Gasteiger partial charge in [0.2, 0.25) is 0 Å². The molecular formula is C15H21ClN2O2. The highest BCUT2D eigenvalue weighted by Crippen LogP contribution is 2.31. The van der Waals surface area contributed by atoms with Gasteiger partial charge in [0, 0.05) is 12.2 Å². The van der Waals surface area contributed by atoms with Crippen molar-refractivity contribution in [3.8, 4) is 0 Å². The number of carbonyl (C=O) groups is 1. The maximum Gasteiger partial charge on any atom is 0.337 e. The smallest absolute Gasteiger partial charge is 0.337 e. The van der Waals surface area contributed by atoms with E-state index in [9.17, 15) is 9.90 Å². The molecule has 1 aromatic carbocycles. The molecular weight excluding hydrogens is 276 g/mol. The summed E-state index contributed by atoms with van der Waals surface area (Å²) in [5.41, 5.74) is 6.60. The largest absolute Gasteiger partial charge is 0.478 e. The summed E-state index contributed by atoms with van der Waals surface area (Å²) >= 11 is 6.08. The van der Waals surface area contributed by atoms with Gasteiger partial charge in [-0.1, -0.05) is 37.3 Å². The molecule has 0 aliphatic heterocycles. The fraction of sp³-hybridized carbons (Fsp3) is 0.533. The topological polar surface area (TPSA) is 75.3 Å². The number of nitrogen functional groups attached to an aromatic ring is 1. The molecule has 1 aliphatic carbocycles. The number of hydrogen-bond donors (Lipinski definition) is 3. The van der Waals surface area contributed by atoms with Gasteiger partial charge in [0.1, 0.15) is 0 Å². The molecule has 0 radical (unpaired) electrons. The molecule has 5 heteroatoms. The molecule has 0 atom stereocenters. The molecule has 0 saturated heterocycles. The second-order valence-corrected chi connectivity index (χ2v) is 5.86. The van der Waals surface area contributed by atoms with Gasteiger partial charge < -0.3 is 16.2 Å². The first kappa shape index (κ1) is 15.0. The maximum absolute atomic E-state index is 11.2. The molecule has 1 aliphatic rings. The number of carboxylic acid groups (broad SMARTS) is 1. The van der Waals surface area contributed by atoms with Crippen molar-refractivity contribution in [3.05, 3.63) is 22.7 Å². The highest BCUT2D eigenvalue weighted by Gasteiger charge is 2.16. The summed E-state index contributed by atoms with van der Waals surface area (Å²) in [6.07, 6.45) is 7.61. The van der Waals surface area contributed by atoms with E-state index in [0.717, 1.165) is 18.9 Å². The summed E-state index contributed by atoms with van der Waals surface area (Å²) in [6, 6.07) is 3.01. The van der Waals surface area contributed by atoms with Gasteiger partial charge >= 0.3 is 5.97 Å². The molecule has 4 nitrogen and oxygen atoms in total.